The van der Waals surface area contributed by atoms with Crippen molar-refractivity contribution in [2.75, 3.05) is 45.4 Å². The summed E-state index contributed by atoms with van der Waals surface area (Å²) < 4.78 is 10.2. The molecule has 0 saturated carbocycles. The second kappa shape index (κ2) is 8.60. The van der Waals surface area contributed by atoms with E-state index in [-0.39, 0.29) is 0 Å². The molecule has 1 aromatic rings. The first kappa shape index (κ1) is 14.6. The van der Waals surface area contributed by atoms with Crippen LogP contribution in [0.15, 0.2) is 18.3 Å². The highest BCUT2D eigenvalue weighted by Gasteiger charge is 2.06. The van der Waals surface area contributed by atoms with E-state index in [0.29, 0.717) is 19.6 Å². The molecule has 5 heteroatoms. The number of nitrogens with zero attached hydrogens (tertiary/aromatic N) is 2. The molecule has 0 spiro atoms. The lowest BCUT2D eigenvalue weighted by Crippen LogP contribution is -2.30. The lowest BCUT2D eigenvalue weighted by atomic mass is 10.2. The number of ether oxygens (including phenoxy) is 2. The summed E-state index contributed by atoms with van der Waals surface area (Å²) in [6, 6.07) is 3.84. The van der Waals surface area contributed by atoms with Gasteiger partial charge < -0.3 is 19.2 Å². The van der Waals surface area contributed by atoms with Crippen LogP contribution in [0.25, 0.3) is 0 Å². The molecular weight excluding hydrogens is 232 g/mol. The van der Waals surface area contributed by atoms with Crippen LogP contribution in [-0.2, 0) is 20.7 Å². The first-order valence-electron chi connectivity index (χ1n) is 5.93. The zero-order valence-electron chi connectivity index (χ0n) is 11.0. The van der Waals surface area contributed by atoms with Gasteiger partial charge in [-0.15, -0.1) is 0 Å². The molecule has 0 radical (unpaired) electrons. The number of hydrogen-bond donors (Lipinski definition) is 0. The van der Waals surface area contributed by atoms with Crippen molar-refractivity contribution in [1.82, 2.24) is 4.98 Å². The Morgan fingerprint density at radius 1 is 1.22 bits per heavy atom. The third-order valence-corrected chi connectivity index (χ3v) is 2.60. The smallest absolute Gasteiger partial charge is 0.125 e. The molecule has 0 N–H and O–H groups in total. The van der Waals surface area contributed by atoms with Gasteiger partial charge in [0.25, 0.3) is 0 Å². The summed E-state index contributed by atoms with van der Waals surface area (Å²) in [5.41, 5.74) is 1.80. The van der Waals surface area contributed by atoms with Gasteiger partial charge in [0, 0.05) is 39.4 Å². The highest BCUT2D eigenvalue weighted by atomic mass is 16.5. The molecule has 0 saturated heterocycles. The minimum absolute atomic E-state index is 0.358. The molecule has 1 aromatic heterocycles. The van der Waals surface area contributed by atoms with Crippen molar-refractivity contribution in [1.29, 1.82) is 0 Å². The van der Waals surface area contributed by atoms with E-state index in [9.17, 15) is 4.79 Å². The van der Waals surface area contributed by atoms with E-state index >= 15 is 0 Å². The molecule has 0 bridgehead atoms. The first-order chi connectivity index (χ1) is 8.81. The van der Waals surface area contributed by atoms with Crippen LogP contribution in [0.3, 0.4) is 0 Å². The van der Waals surface area contributed by atoms with Gasteiger partial charge in [0.05, 0.1) is 25.1 Å². The molecule has 100 valence electrons. The Bertz CT molecular complexity index is 333. The van der Waals surface area contributed by atoms with E-state index < -0.39 is 0 Å². The van der Waals surface area contributed by atoms with Crippen molar-refractivity contribution in [3.63, 3.8) is 0 Å². The summed E-state index contributed by atoms with van der Waals surface area (Å²) >= 11 is 0. The van der Waals surface area contributed by atoms with Crippen molar-refractivity contribution in [3.8, 4) is 0 Å². The molecule has 0 aliphatic rings. The molecule has 5 nitrogen and oxygen atoms in total. The van der Waals surface area contributed by atoms with Crippen LogP contribution in [0.4, 0.5) is 5.69 Å². The van der Waals surface area contributed by atoms with Gasteiger partial charge in [-0.05, 0) is 12.1 Å². The average molecular weight is 252 g/mol. The molecule has 0 aromatic carbocycles. The number of methoxy groups -OCH3 is 2. The first-order valence-corrected chi connectivity index (χ1v) is 5.93. The summed E-state index contributed by atoms with van der Waals surface area (Å²) in [5, 5.41) is 0. The Morgan fingerprint density at radius 3 is 2.33 bits per heavy atom. The Morgan fingerprint density at radius 2 is 1.89 bits per heavy atom. The molecule has 0 aliphatic carbocycles. The Balaban J connectivity index is 2.67. The Labute approximate surface area is 108 Å². The predicted octanol–water partition coefficient (Wildman–Crippen LogP) is 0.922. The summed E-state index contributed by atoms with van der Waals surface area (Å²) in [7, 11) is 3.36. The second-order valence-corrected chi connectivity index (χ2v) is 3.85. The van der Waals surface area contributed by atoms with Crippen LogP contribution in [0.5, 0.6) is 0 Å². The van der Waals surface area contributed by atoms with Crippen LogP contribution in [-0.4, -0.2) is 51.8 Å². The number of aromatic nitrogens is 1. The average Bonchev–Trinajstić information content (AvgIpc) is 2.41. The van der Waals surface area contributed by atoms with Crippen molar-refractivity contribution >= 4 is 12.0 Å². The van der Waals surface area contributed by atoms with Crippen LogP contribution < -0.4 is 4.90 Å². The molecule has 18 heavy (non-hydrogen) atoms. The maximum Gasteiger partial charge on any atom is 0.125 e. The topological polar surface area (TPSA) is 51.7 Å². The number of carbonyl (C=O) groups is 1. The minimum Gasteiger partial charge on any atom is -0.383 e. The maximum absolute atomic E-state index is 10.4. The second-order valence-electron chi connectivity index (χ2n) is 3.85. The lowest BCUT2D eigenvalue weighted by molar-refractivity contribution is -0.107. The SMILES string of the molecule is COCCN(CCOC)c1ccc(CC=O)nc1. The number of hydrogen-bond acceptors (Lipinski definition) is 5. The van der Waals surface area contributed by atoms with Crippen LogP contribution in [0.1, 0.15) is 5.69 Å². The van der Waals surface area contributed by atoms with E-state index in [4.69, 9.17) is 9.47 Å². The number of rotatable bonds is 9. The highest BCUT2D eigenvalue weighted by Crippen LogP contribution is 2.12. The summed E-state index contributed by atoms with van der Waals surface area (Å²) in [4.78, 5) is 16.8. The molecular formula is C13H20N2O3. The quantitative estimate of drug-likeness (QED) is 0.612. The van der Waals surface area contributed by atoms with E-state index in [2.05, 4.69) is 9.88 Å². The van der Waals surface area contributed by atoms with Crippen molar-refractivity contribution < 1.29 is 14.3 Å². The fraction of sp³-hybridized carbons (Fsp3) is 0.538. The predicted molar refractivity (Wildman–Crippen MR) is 70.0 cm³/mol. The third kappa shape index (κ3) is 4.81. The van der Waals surface area contributed by atoms with Gasteiger partial charge in [0.15, 0.2) is 0 Å². The number of pyridine rings is 1. The molecule has 0 fully saturated rings. The number of carbonyl (C=O) groups excluding carboxylic acids is 1. The zero-order valence-corrected chi connectivity index (χ0v) is 11.0. The largest absolute Gasteiger partial charge is 0.383 e. The number of aldehydes is 1. The van der Waals surface area contributed by atoms with Gasteiger partial charge in [-0.25, -0.2) is 0 Å². The normalized spacial score (nSPS) is 10.3. The van der Waals surface area contributed by atoms with E-state index in [0.717, 1.165) is 30.8 Å². The molecule has 0 unspecified atom stereocenters. The van der Waals surface area contributed by atoms with Crippen LogP contribution in [0, 0.1) is 0 Å². The molecule has 0 atom stereocenters. The summed E-state index contributed by atoms with van der Waals surface area (Å²) in [6.45, 7) is 2.88. The van der Waals surface area contributed by atoms with E-state index in [1.165, 1.54) is 0 Å². The molecule has 0 amide bonds. The van der Waals surface area contributed by atoms with Crippen molar-refractivity contribution in [3.05, 3.63) is 24.0 Å². The lowest BCUT2D eigenvalue weighted by Gasteiger charge is -2.23. The van der Waals surface area contributed by atoms with Gasteiger partial charge in [-0.3, -0.25) is 4.98 Å². The van der Waals surface area contributed by atoms with Gasteiger partial charge in [0.2, 0.25) is 0 Å². The fourth-order valence-corrected chi connectivity index (χ4v) is 1.58. The summed E-state index contributed by atoms with van der Waals surface area (Å²) in [6.07, 6.45) is 3.00. The van der Waals surface area contributed by atoms with Crippen molar-refractivity contribution in [2.45, 2.75) is 6.42 Å². The summed E-state index contributed by atoms with van der Waals surface area (Å²) in [5.74, 6) is 0. The van der Waals surface area contributed by atoms with Crippen LogP contribution in [0.2, 0.25) is 0 Å². The number of anilines is 1. The van der Waals surface area contributed by atoms with Crippen molar-refractivity contribution in [2.24, 2.45) is 0 Å². The standard InChI is InChI=1S/C13H20N2O3/c1-17-9-6-15(7-10-18-2)13-4-3-12(5-8-16)14-11-13/h3-4,8,11H,5-7,9-10H2,1-2H3. The van der Waals surface area contributed by atoms with Gasteiger partial charge >= 0.3 is 0 Å². The molecule has 0 aliphatic heterocycles. The molecule has 1 heterocycles. The zero-order chi connectivity index (χ0) is 13.2. The highest BCUT2D eigenvalue weighted by molar-refractivity contribution is 5.54. The molecule has 1 rings (SSSR count). The van der Waals surface area contributed by atoms with Crippen LogP contribution >= 0.6 is 0 Å². The van der Waals surface area contributed by atoms with Gasteiger partial charge in [-0.1, -0.05) is 0 Å². The Hall–Kier alpha value is -1.46. The Kier molecular flexibility index (Phi) is 6.98. The minimum atomic E-state index is 0.358. The van der Waals surface area contributed by atoms with E-state index in [1.807, 2.05) is 12.1 Å². The van der Waals surface area contributed by atoms with Gasteiger partial charge in [-0.2, -0.15) is 0 Å². The van der Waals surface area contributed by atoms with E-state index in [1.54, 1.807) is 20.4 Å². The fourth-order valence-electron chi connectivity index (χ4n) is 1.58. The third-order valence-electron chi connectivity index (χ3n) is 2.60. The maximum atomic E-state index is 10.4. The monoisotopic (exact) mass is 252 g/mol. The van der Waals surface area contributed by atoms with Gasteiger partial charge in [0.1, 0.15) is 6.29 Å².